The van der Waals surface area contributed by atoms with Crippen molar-refractivity contribution < 1.29 is 0 Å². The highest BCUT2D eigenvalue weighted by Gasteiger charge is 2.21. The Morgan fingerprint density at radius 3 is 0.952 bits per heavy atom. The van der Waals surface area contributed by atoms with Gasteiger partial charge in [0, 0.05) is 34.5 Å². The van der Waals surface area contributed by atoms with Crippen LogP contribution < -0.4 is 9.80 Å². The van der Waals surface area contributed by atoms with Crippen LogP contribution in [-0.4, -0.2) is 6.04 Å². The van der Waals surface area contributed by atoms with E-state index in [2.05, 4.69) is 357 Å². The van der Waals surface area contributed by atoms with Crippen LogP contribution in [0.5, 0.6) is 0 Å². The van der Waals surface area contributed by atoms with Crippen LogP contribution in [0.25, 0.3) is 69.1 Å². The lowest BCUT2D eigenvalue weighted by atomic mass is 9.86. The van der Waals surface area contributed by atoms with Crippen molar-refractivity contribution in [2.45, 2.75) is 39.2 Å². The summed E-state index contributed by atoms with van der Waals surface area (Å²) < 4.78 is 0. The van der Waals surface area contributed by atoms with Crippen molar-refractivity contribution in [1.29, 1.82) is 0 Å². The van der Waals surface area contributed by atoms with Gasteiger partial charge in [0.15, 0.2) is 0 Å². The Bertz CT molecular complexity index is 4160. The summed E-state index contributed by atoms with van der Waals surface area (Å²) in [4.78, 5) is 4.89. The van der Waals surface area contributed by atoms with Gasteiger partial charge in [-0.05, 0) is 174 Å². The number of hydrogen-bond acceptors (Lipinski definition) is 2. The van der Waals surface area contributed by atoms with E-state index in [4.69, 9.17) is 0 Å². The highest BCUT2D eigenvalue weighted by molar-refractivity contribution is 6.17. The third kappa shape index (κ3) is 12.3. The normalized spacial score (nSPS) is 12.3. The molecule has 0 spiro atoms. The van der Waals surface area contributed by atoms with Crippen LogP contribution in [-0.2, 0) is 0 Å². The van der Waals surface area contributed by atoms with Crippen molar-refractivity contribution in [2.24, 2.45) is 0 Å². The minimum Gasteiger partial charge on any atom is -0.338 e. The molecule has 0 N–H and O–H groups in total. The standard InChI is InChI=1S/C82H68N2/c1-3-24-69(4-2)83(71-51-43-63(44-52-71)41-39-61-25-10-5-11-26-61)73-55-47-67(48-56-73)79(65-29-14-7-15-30-65)59-81-75-35-20-22-37-77(75)82(78-38-23-21-36-76(78)81)60-80(66-31-16-8-17-32-66)68-49-57-74(58-50-68)84(70-33-18-9-19-34-70)72-53-45-64(46-54-72)42-40-62-27-12-6-13-28-62/h5-23,25-60,69H,3-4,24H2,1-2H3/b41-39+,42-40+,79-59?,80-60?. The smallest absolute Gasteiger partial charge is 0.0462 e. The lowest BCUT2D eigenvalue weighted by Crippen LogP contribution is -2.30. The first-order valence-electron chi connectivity index (χ1n) is 29.6. The minimum atomic E-state index is 0.357. The monoisotopic (exact) mass is 1080 g/mol. The molecule has 0 amide bonds. The summed E-state index contributed by atoms with van der Waals surface area (Å²) in [6, 6.07) is 108. The lowest BCUT2D eigenvalue weighted by molar-refractivity contribution is 0.572. The van der Waals surface area contributed by atoms with E-state index in [-0.39, 0.29) is 0 Å². The molecule has 1 atom stereocenters. The second-order valence-electron chi connectivity index (χ2n) is 21.4. The lowest BCUT2D eigenvalue weighted by Gasteiger charge is -2.33. The molecular weight excluding hydrogens is 1010 g/mol. The molecule has 0 aliphatic rings. The summed E-state index contributed by atoms with van der Waals surface area (Å²) in [6.45, 7) is 4.61. The summed E-state index contributed by atoms with van der Waals surface area (Å²) in [6.07, 6.45) is 16.9. The zero-order valence-corrected chi connectivity index (χ0v) is 47.8. The van der Waals surface area contributed by atoms with Crippen LogP contribution in [0.4, 0.5) is 28.4 Å². The van der Waals surface area contributed by atoms with Crippen molar-refractivity contribution >= 4 is 97.6 Å². The molecule has 0 radical (unpaired) electrons. The van der Waals surface area contributed by atoms with Gasteiger partial charge < -0.3 is 9.80 Å². The Kier molecular flexibility index (Phi) is 16.9. The first-order chi connectivity index (χ1) is 41.6. The van der Waals surface area contributed by atoms with Gasteiger partial charge in [0.1, 0.15) is 0 Å². The zero-order chi connectivity index (χ0) is 56.9. The van der Waals surface area contributed by atoms with Crippen molar-refractivity contribution in [2.75, 3.05) is 9.80 Å². The SMILES string of the molecule is CCCC(CC)N(c1ccc(/C=C/c2ccccc2)cc1)c1ccc(C(=Cc2c3ccccc3c(C=C(c3ccccc3)c3ccc(N(c4ccccc4)c4ccc(/C=C/c5ccccc5)cc4)cc3)c3ccccc23)c2ccccc2)cc1. The van der Waals surface area contributed by atoms with Crippen LogP contribution in [0, 0.1) is 0 Å². The average Bonchev–Trinajstić information content (AvgIpc) is 3.68. The molecule has 84 heavy (non-hydrogen) atoms. The number of fused-ring (bicyclic) bond motifs is 2. The second kappa shape index (κ2) is 26.1. The molecule has 0 aliphatic heterocycles. The van der Waals surface area contributed by atoms with E-state index in [9.17, 15) is 0 Å². The predicted molar refractivity (Wildman–Crippen MR) is 364 cm³/mol. The Morgan fingerprint density at radius 1 is 0.298 bits per heavy atom. The van der Waals surface area contributed by atoms with Gasteiger partial charge in [0.05, 0.1) is 0 Å². The zero-order valence-electron chi connectivity index (χ0n) is 47.8. The molecule has 0 aromatic heterocycles. The van der Waals surface area contributed by atoms with E-state index >= 15 is 0 Å². The quantitative estimate of drug-likeness (QED) is 0.0588. The van der Waals surface area contributed by atoms with Gasteiger partial charge in [-0.1, -0.05) is 281 Å². The highest BCUT2D eigenvalue weighted by Crippen LogP contribution is 2.42. The molecule has 406 valence electrons. The van der Waals surface area contributed by atoms with Crippen LogP contribution >= 0.6 is 0 Å². The third-order valence-corrected chi connectivity index (χ3v) is 16.0. The fourth-order valence-corrected chi connectivity index (χ4v) is 11.7. The van der Waals surface area contributed by atoms with E-state index in [0.717, 1.165) is 58.6 Å². The topological polar surface area (TPSA) is 6.48 Å². The molecule has 0 heterocycles. The van der Waals surface area contributed by atoms with Crippen molar-refractivity contribution in [3.05, 3.63) is 353 Å². The van der Waals surface area contributed by atoms with Gasteiger partial charge in [-0.3, -0.25) is 0 Å². The second-order valence-corrected chi connectivity index (χ2v) is 21.4. The van der Waals surface area contributed by atoms with Crippen molar-refractivity contribution in [3.63, 3.8) is 0 Å². The average molecular weight is 1080 g/mol. The van der Waals surface area contributed by atoms with Gasteiger partial charge in [0.2, 0.25) is 0 Å². The summed E-state index contributed by atoms with van der Waals surface area (Å²) in [5.74, 6) is 0. The fourth-order valence-electron chi connectivity index (χ4n) is 11.7. The number of nitrogens with zero attached hydrogens (tertiary/aromatic N) is 2. The van der Waals surface area contributed by atoms with Gasteiger partial charge in [-0.25, -0.2) is 0 Å². The molecule has 0 fully saturated rings. The van der Waals surface area contributed by atoms with Crippen LogP contribution in [0.15, 0.2) is 297 Å². The number of benzene rings is 12. The third-order valence-electron chi connectivity index (χ3n) is 16.0. The Labute approximate surface area is 496 Å². The van der Waals surface area contributed by atoms with Gasteiger partial charge in [-0.15, -0.1) is 0 Å². The summed E-state index contributed by atoms with van der Waals surface area (Å²) in [7, 11) is 0. The van der Waals surface area contributed by atoms with Crippen LogP contribution in [0.2, 0.25) is 0 Å². The first kappa shape index (κ1) is 54.3. The maximum absolute atomic E-state index is 2.56. The number of hydrogen-bond donors (Lipinski definition) is 0. The van der Waals surface area contributed by atoms with E-state index in [1.54, 1.807) is 0 Å². The van der Waals surface area contributed by atoms with Crippen LogP contribution in [0.3, 0.4) is 0 Å². The molecule has 12 aromatic rings. The summed E-state index contributed by atoms with van der Waals surface area (Å²) >= 11 is 0. The largest absolute Gasteiger partial charge is 0.338 e. The van der Waals surface area contributed by atoms with E-state index in [1.165, 1.54) is 77.4 Å². The Hall–Kier alpha value is -10.3. The molecule has 0 aliphatic carbocycles. The summed E-state index contributed by atoms with van der Waals surface area (Å²) in [5.41, 5.74) is 19.7. The Balaban J connectivity index is 0.928. The molecule has 12 aromatic carbocycles. The summed E-state index contributed by atoms with van der Waals surface area (Å²) in [5, 5.41) is 4.81. The predicted octanol–water partition coefficient (Wildman–Crippen LogP) is 22.7. The first-order valence-corrected chi connectivity index (χ1v) is 29.6. The maximum atomic E-state index is 2.56. The molecule has 0 saturated heterocycles. The fraction of sp³-hybridized carbons (Fsp3) is 0.0732. The minimum absolute atomic E-state index is 0.357. The number of anilines is 5. The van der Waals surface area contributed by atoms with E-state index < -0.39 is 0 Å². The van der Waals surface area contributed by atoms with Gasteiger partial charge in [0.25, 0.3) is 0 Å². The van der Waals surface area contributed by atoms with Gasteiger partial charge >= 0.3 is 0 Å². The van der Waals surface area contributed by atoms with Gasteiger partial charge in [-0.2, -0.15) is 0 Å². The molecule has 12 rings (SSSR count). The van der Waals surface area contributed by atoms with Crippen molar-refractivity contribution in [3.8, 4) is 0 Å². The Morgan fingerprint density at radius 2 is 0.583 bits per heavy atom. The van der Waals surface area contributed by atoms with Crippen molar-refractivity contribution in [1.82, 2.24) is 0 Å². The molecule has 0 saturated carbocycles. The highest BCUT2D eigenvalue weighted by atomic mass is 15.2. The number of para-hydroxylation sites is 1. The number of rotatable bonds is 19. The van der Waals surface area contributed by atoms with E-state index in [1.807, 2.05) is 0 Å². The molecule has 1 unspecified atom stereocenters. The molecule has 2 heteroatoms. The molecule has 0 bridgehead atoms. The maximum Gasteiger partial charge on any atom is 0.0462 e. The molecular formula is C82H68N2. The van der Waals surface area contributed by atoms with E-state index in [0.29, 0.717) is 6.04 Å². The molecule has 2 nitrogen and oxygen atoms in total. The van der Waals surface area contributed by atoms with Crippen LogP contribution in [0.1, 0.15) is 88.7 Å².